The van der Waals surface area contributed by atoms with Crippen LogP contribution in [0.5, 0.6) is 11.5 Å². The molecule has 0 fully saturated rings. The Labute approximate surface area is 161 Å². The average Bonchev–Trinajstić information content (AvgIpc) is 2.68. The summed E-state index contributed by atoms with van der Waals surface area (Å²) in [6.45, 7) is 14.2. The fraction of sp³-hybridized carbons (Fsp3) is 0.500. The topological polar surface area (TPSA) is 18.5 Å². The first-order valence-electron chi connectivity index (χ1n) is 10.0. The molecule has 2 nitrogen and oxygen atoms in total. The van der Waals surface area contributed by atoms with Crippen molar-refractivity contribution in [3.63, 3.8) is 0 Å². The first kappa shape index (κ1) is 24.0. The van der Waals surface area contributed by atoms with Crippen molar-refractivity contribution in [1.82, 2.24) is 0 Å². The second kappa shape index (κ2) is 16.5. The molecule has 2 aromatic rings. The zero-order valence-corrected chi connectivity index (χ0v) is 17.7. The van der Waals surface area contributed by atoms with Crippen LogP contribution in [0.1, 0.15) is 64.5 Å². The molecule has 0 aliphatic rings. The van der Waals surface area contributed by atoms with E-state index in [1.54, 1.807) is 0 Å². The van der Waals surface area contributed by atoms with E-state index in [1.165, 1.54) is 24.0 Å². The molecule has 0 saturated carbocycles. The quantitative estimate of drug-likeness (QED) is 0.458. The van der Waals surface area contributed by atoms with Gasteiger partial charge in [-0.3, -0.25) is 0 Å². The summed E-state index contributed by atoms with van der Waals surface area (Å²) in [5, 5.41) is 0. The summed E-state index contributed by atoms with van der Waals surface area (Å²) in [6, 6.07) is 16.4. The molecule has 0 aromatic heterocycles. The van der Waals surface area contributed by atoms with E-state index >= 15 is 0 Å². The molecule has 0 radical (unpaired) electrons. The predicted molar refractivity (Wildman–Crippen MR) is 115 cm³/mol. The second-order valence-electron chi connectivity index (χ2n) is 6.03. The summed E-state index contributed by atoms with van der Waals surface area (Å²) in [5.41, 5.74) is 2.55. The highest BCUT2D eigenvalue weighted by Crippen LogP contribution is 2.12. The minimum atomic E-state index is 0.833. The molecule has 146 valence electrons. The lowest BCUT2D eigenvalue weighted by molar-refractivity contribution is 0.309. The van der Waals surface area contributed by atoms with Crippen molar-refractivity contribution in [1.29, 1.82) is 0 Å². The van der Waals surface area contributed by atoms with Crippen LogP contribution < -0.4 is 9.47 Å². The molecule has 2 aromatic carbocycles. The van der Waals surface area contributed by atoms with Crippen LogP contribution in [0.25, 0.3) is 0 Å². The first-order chi connectivity index (χ1) is 12.7. The number of ether oxygens (including phenoxy) is 2. The van der Waals surface area contributed by atoms with Crippen LogP contribution in [0, 0.1) is 13.8 Å². The van der Waals surface area contributed by atoms with Crippen molar-refractivity contribution >= 4 is 0 Å². The molecule has 0 heterocycles. The maximum atomic E-state index is 5.50. The maximum absolute atomic E-state index is 5.50. The van der Waals surface area contributed by atoms with Gasteiger partial charge in [-0.1, -0.05) is 75.9 Å². The molecule has 0 unspecified atom stereocenters. The third kappa shape index (κ3) is 12.4. The zero-order valence-electron chi connectivity index (χ0n) is 17.7. The lowest BCUT2D eigenvalue weighted by atomic mass is 10.2. The van der Waals surface area contributed by atoms with Crippen molar-refractivity contribution in [3.05, 3.63) is 59.7 Å². The molecule has 26 heavy (non-hydrogen) atoms. The van der Waals surface area contributed by atoms with Gasteiger partial charge in [0.25, 0.3) is 0 Å². The predicted octanol–water partition coefficient (Wildman–Crippen LogP) is 7.37. The highest BCUT2D eigenvalue weighted by atomic mass is 16.5. The van der Waals surface area contributed by atoms with Crippen LogP contribution in [0.4, 0.5) is 0 Å². The van der Waals surface area contributed by atoms with Gasteiger partial charge in [-0.2, -0.15) is 0 Å². The lowest BCUT2D eigenvalue weighted by Gasteiger charge is -2.04. The van der Waals surface area contributed by atoms with Gasteiger partial charge in [0.05, 0.1) is 13.2 Å². The molecule has 0 amide bonds. The number of unbranched alkanes of at least 4 members (excludes halogenated alkanes) is 2. The molecule has 0 bridgehead atoms. The number of benzene rings is 2. The van der Waals surface area contributed by atoms with Crippen LogP contribution in [-0.4, -0.2) is 13.2 Å². The van der Waals surface area contributed by atoms with Crippen LogP contribution in [-0.2, 0) is 0 Å². The third-order valence-electron chi connectivity index (χ3n) is 3.58. The molecular formula is C24H38O2. The largest absolute Gasteiger partial charge is 0.494 e. The smallest absolute Gasteiger partial charge is 0.119 e. The van der Waals surface area contributed by atoms with E-state index in [1.807, 2.05) is 38.1 Å². The van der Waals surface area contributed by atoms with Gasteiger partial charge in [-0.15, -0.1) is 0 Å². The SMILES string of the molecule is CC.CCCCOc1ccc(C)cc1.CCCCOc1ccc(C)cc1. The summed E-state index contributed by atoms with van der Waals surface area (Å²) in [4.78, 5) is 0. The fourth-order valence-corrected chi connectivity index (χ4v) is 1.94. The molecule has 0 aliphatic carbocycles. The number of aryl methyl sites for hydroxylation is 2. The molecule has 0 saturated heterocycles. The Kier molecular flexibility index (Phi) is 15.3. The van der Waals surface area contributed by atoms with E-state index in [0.717, 1.165) is 37.6 Å². The summed E-state index contributed by atoms with van der Waals surface area (Å²) in [6.07, 6.45) is 4.64. The van der Waals surface area contributed by atoms with E-state index in [9.17, 15) is 0 Å². The van der Waals surface area contributed by atoms with Gasteiger partial charge in [-0.25, -0.2) is 0 Å². The molecule has 2 rings (SSSR count). The summed E-state index contributed by atoms with van der Waals surface area (Å²) >= 11 is 0. The lowest BCUT2D eigenvalue weighted by Crippen LogP contribution is -1.95. The molecule has 0 N–H and O–H groups in total. The van der Waals surface area contributed by atoms with E-state index in [0.29, 0.717) is 0 Å². The van der Waals surface area contributed by atoms with E-state index < -0.39 is 0 Å². The monoisotopic (exact) mass is 358 g/mol. The van der Waals surface area contributed by atoms with Gasteiger partial charge < -0.3 is 9.47 Å². The number of rotatable bonds is 8. The van der Waals surface area contributed by atoms with Crippen molar-refractivity contribution in [2.24, 2.45) is 0 Å². The van der Waals surface area contributed by atoms with Crippen LogP contribution >= 0.6 is 0 Å². The van der Waals surface area contributed by atoms with Gasteiger partial charge in [0.1, 0.15) is 11.5 Å². The highest BCUT2D eigenvalue weighted by molar-refractivity contribution is 5.26. The summed E-state index contributed by atoms with van der Waals surface area (Å²) in [5.74, 6) is 1.96. The Balaban J connectivity index is 0.000000439. The summed E-state index contributed by atoms with van der Waals surface area (Å²) < 4.78 is 11.0. The highest BCUT2D eigenvalue weighted by Gasteiger charge is 1.92. The normalized spacial score (nSPS) is 9.31. The van der Waals surface area contributed by atoms with Gasteiger partial charge in [0.15, 0.2) is 0 Å². The van der Waals surface area contributed by atoms with E-state index in [2.05, 4.69) is 52.0 Å². The number of hydrogen-bond acceptors (Lipinski definition) is 2. The second-order valence-corrected chi connectivity index (χ2v) is 6.03. The number of hydrogen-bond donors (Lipinski definition) is 0. The standard InChI is InChI=1S/2C11H16O.C2H6/c2*1-3-4-9-12-11-7-5-10(2)6-8-11;1-2/h2*5-8H,3-4,9H2,1-2H3;1-2H3. The van der Waals surface area contributed by atoms with Crippen molar-refractivity contribution < 1.29 is 9.47 Å². The Hall–Kier alpha value is -1.96. The van der Waals surface area contributed by atoms with Crippen LogP contribution in [0.2, 0.25) is 0 Å². The van der Waals surface area contributed by atoms with E-state index in [4.69, 9.17) is 9.47 Å². The van der Waals surface area contributed by atoms with Crippen molar-refractivity contribution in [3.8, 4) is 11.5 Å². The van der Waals surface area contributed by atoms with Gasteiger partial charge in [-0.05, 0) is 51.0 Å². The molecule has 2 heteroatoms. The first-order valence-corrected chi connectivity index (χ1v) is 10.0. The Morgan fingerprint density at radius 2 is 0.885 bits per heavy atom. The Bertz CT molecular complexity index is 478. The van der Waals surface area contributed by atoms with Crippen LogP contribution in [0.3, 0.4) is 0 Å². The van der Waals surface area contributed by atoms with Gasteiger partial charge in [0.2, 0.25) is 0 Å². The Morgan fingerprint density at radius 1 is 0.577 bits per heavy atom. The minimum Gasteiger partial charge on any atom is -0.494 e. The van der Waals surface area contributed by atoms with Gasteiger partial charge in [0, 0.05) is 0 Å². The zero-order chi connectivity index (χ0) is 19.6. The molecular weight excluding hydrogens is 320 g/mol. The average molecular weight is 359 g/mol. The molecule has 0 spiro atoms. The minimum absolute atomic E-state index is 0.833. The Morgan fingerprint density at radius 3 is 1.15 bits per heavy atom. The third-order valence-corrected chi connectivity index (χ3v) is 3.58. The van der Waals surface area contributed by atoms with Crippen molar-refractivity contribution in [2.45, 2.75) is 67.2 Å². The summed E-state index contributed by atoms with van der Waals surface area (Å²) in [7, 11) is 0. The molecule has 0 aliphatic heterocycles. The maximum Gasteiger partial charge on any atom is 0.119 e. The van der Waals surface area contributed by atoms with Gasteiger partial charge >= 0.3 is 0 Å². The van der Waals surface area contributed by atoms with Crippen molar-refractivity contribution in [2.75, 3.05) is 13.2 Å². The van der Waals surface area contributed by atoms with E-state index in [-0.39, 0.29) is 0 Å². The van der Waals surface area contributed by atoms with Crippen LogP contribution in [0.15, 0.2) is 48.5 Å². The fourth-order valence-electron chi connectivity index (χ4n) is 1.94. The molecule has 0 atom stereocenters.